The number of benzene rings is 1. The number of nitro benzene ring substituents is 1. The van der Waals surface area contributed by atoms with Gasteiger partial charge in [0.1, 0.15) is 0 Å². The lowest BCUT2D eigenvalue weighted by molar-refractivity contribution is -0.385. The molecular formula is C14H19N3O3. The predicted octanol–water partition coefficient (Wildman–Crippen LogP) is 1.35. The second-order valence-corrected chi connectivity index (χ2v) is 5.10. The zero-order valence-corrected chi connectivity index (χ0v) is 11.5. The van der Waals surface area contributed by atoms with Crippen molar-refractivity contribution in [1.82, 2.24) is 10.2 Å². The first-order valence-corrected chi connectivity index (χ1v) is 6.77. The van der Waals surface area contributed by atoms with Crippen LogP contribution in [0.3, 0.4) is 0 Å². The molecule has 0 radical (unpaired) electrons. The molecule has 1 aromatic carbocycles. The number of carbonyl (C=O) groups is 1. The van der Waals surface area contributed by atoms with Crippen molar-refractivity contribution in [3.63, 3.8) is 0 Å². The van der Waals surface area contributed by atoms with Crippen LogP contribution < -0.4 is 5.32 Å². The summed E-state index contributed by atoms with van der Waals surface area (Å²) < 4.78 is 0. The van der Waals surface area contributed by atoms with Crippen LogP contribution in [0.25, 0.3) is 0 Å². The Morgan fingerprint density at radius 2 is 2.20 bits per heavy atom. The number of carbonyl (C=O) groups excluding carboxylic acids is 1. The summed E-state index contributed by atoms with van der Waals surface area (Å²) in [7, 11) is 1.80. The molecule has 6 heteroatoms. The van der Waals surface area contributed by atoms with Crippen molar-refractivity contribution in [3.8, 4) is 0 Å². The third-order valence-electron chi connectivity index (χ3n) is 3.64. The van der Waals surface area contributed by atoms with Crippen LogP contribution >= 0.6 is 0 Å². The average molecular weight is 277 g/mol. The quantitative estimate of drug-likeness (QED) is 0.651. The summed E-state index contributed by atoms with van der Waals surface area (Å²) in [4.78, 5) is 23.7. The molecule has 0 aliphatic carbocycles. The molecule has 20 heavy (non-hydrogen) atoms. The molecule has 1 fully saturated rings. The van der Waals surface area contributed by atoms with Gasteiger partial charge in [0.05, 0.1) is 4.92 Å². The number of nitrogens with one attached hydrogen (secondary N) is 1. The van der Waals surface area contributed by atoms with Crippen LogP contribution in [0.4, 0.5) is 5.69 Å². The van der Waals surface area contributed by atoms with Crippen LogP contribution in [0.5, 0.6) is 0 Å². The average Bonchev–Trinajstić information content (AvgIpc) is 2.43. The number of hydrogen-bond acceptors (Lipinski definition) is 4. The number of amides is 1. The fourth-order valence-electron chi connectivity index (χ4n) is 2.49. The van der Waals surface area contributed by atoms with Crippen molar-refractivity contribution >= 4 is 11.6 Å². The lowest BCUT2D eigenvalue weighted by Crippen LogP contribution is -2.47. The van der Waals surface area contributed by atoms with E-state index < -0.39 is 0 Å². The molecule has 0 saturated carbocycles. The number of rotatable bonds is 5. The van der Waals surface area contributed by atoms with Crippen molar-refractivity contribution in [2.75, 3.05) is 20.1 Å². The topological polar surface area (TPSA) is 75.5 Å². The molecule has 1 heterocycles. The predicted molar refractivity (Wildman–Crippen MR) is 75.5 cm³/mol. The Morgan fingerprint density at radius 3 is 2.90 bits per heavy atom. The van der Waals surface area contributed by atoms with Gasteiger partial charge >= 0.3 is 0 Å². The zero-order chi connectivity index (χ0) is 14.5. The number of likely N-dealkylation sites (N-methyl/N-ethyl adjacent to an activating group) is 1. The summed E-state index contributed by atoms with van der Waals surface area (Å²) in [5, 5.41) is 14.3. The summed E-state index contributed by atoms with van der Waals surface area (Å²) in [5.74, 6) is 0.182. The number of nitro groups is 1. The highest BCUT2D eigenvalue weighted by Gasteiger charge is 2.22. The van der Waals surface area contributed by atoms with E-state index in [-0.39, 0.29) is 22.6 Å². The van der Waals surface area contributed by atoms with Crippen LogP contribution in [0.15, 0.2) is 24.3 Å². The molecule has 1 aliphatic heterocycles. The lowest BCUT2D eigenvalue weighted by atomic mass is 10.0. The van der Waals surface area contributed by atoms with Gasteiger partial charge in [-0.05, 0) is 19.4 Å². The fraction of sp³-hybridized carbons (Fsp3) is 0.500. The molecule has 108 valence electrons. The molecule has 0 bridgehead atoms. The molecule has 1 saturated heterocycles. The van der Waals surface area contributed by atoms with E-state index in [0.29, 0.717) is 25.9 Å². The lowest BCUT2D eigenvalue weighted by Gasteiger charge is -2.30. The number of para-hydroxylation sites is 1. The van der Waals surface area contributed by atoms with Gasteiger partial charge < -0.3 is 10.2 Å². The summed E-state index contributed by atoms with van der Waals surface area (Å²) in [6.45, 7) is 1.38. The Morgan fingerprint density at radius 1 is 1.45 bits per heavy atom. The Kier molecular flexibility index (Phi) is 4.68. The maximum atomic E-state index is 11.4. The first kappa shape index (κ1) is 14.5. The standard InChI is InChI=1S/C14H19N3O3/c1-16-10-12(6-7-14(16)18)15-9-8-11-4-2-3-5-13(11)17(19)20/h2-5,12,15H,6-10H2,1H3. The molecule has 1 N–H and O–H groups in total. The third-order valence-corrected chi connectivity index (χ3v) is 3.64. The monoisotopic (exact) mass is 277 g/mol. The fourth-order valence-corrected chi connectivity index (χ4v) is 2.49. The molecule has 1 unspecified atom stereocenters. The van der Waals surface area contributed by atoms with E-state index in [0.717, 1.165) is 12.0 Å². The van der Waals surface area contributed by atoms with Gasteiger partial charge in [0.25, 0.3) is 5.69 Å². The third kappa shape index (κ3) is 3.54. The van der Waals surface area contributed by atoms with Crippen LogP contribution in [0.1, 0.15) is 18.4 Å². The second kappa shape index (κ2) is 6.47. The van der Waals surface area contributed by atoms with Crippen LogP contribution in [0.2, 0.25) is 0 Å². The van der Waals surface area contributed by atoms with E-state index in [9.17, 15) is 14.9 Å². The first-order valence-electron chi connectivity index (χ1n) is 6.77. The van der Waals surface area contributed by atoms with Crippen molar-refractivity contribution in [2.24, 2.45) is 0 Å². The molecule has 0 aromatic heterocycles. The van der Waals surface area contributed by atoms with E-state index >= 15 is 0 Å². The maximum Gasteiger partial charge on any atom is 0.272 e. The molecular weight excluding hydrogens is 258 g/mol. The Labute approximate surface area is 117 Å². The SMILES string of the molecule is CN1CC(NCCc2ccccc2[N+](=O)[O-])CCC1=O. The minimum absolute atomic E-state index is 0.172. The van der Waals surface area contributed by atoms with Gasteiger partial charge in [0, 0.05) is 37.7 Å². The van der Waals surface area contributed by atoms with E-state index in [1.54, 1.807) is 24.1 Å². The molecule has 2 rings (SSSR count). The van der Waals surface area contributed by atoms with Gasteiger partial charge in [0.15, 0.2) is 0 Å². The minimum atomic E-state index is -0.345. The van der Waals surface area contributed by atoms with Gasteiger partial charge in [-0.25, -0.2) is 0 Å². The van der Waals surface area contributed by atoms with E-state index in [1.807, 2.05) is 6.07 Å². The zero-order valence-electron chi connectivity index (χ0n) is 11.5. The molecule has 1 amide bonds. The van der Waals surface area contributed by atoms with E-state index in [2.05, 4.69) is 5.32 Å². The number of nitrogens with zero attached hydrogens (tertiary/aromatic N) is 2. The van der Waals surface area contributed by atoms with Crippen molar-refractivity contribution in [2.45, 2.75) is 25.3 Å². The van der Waals surface area contributed by atoms with Crippen LogP contribution in [-0.2, 0) is 11.2 Å². The highest BCUT2D eigenvalue weighted by atomic mass is 16.6. The molecule has 0 spiro atoms. The van der Waals surface area contributed by atoms with Crippen molar-refractivity contribution in [1.29, 1.82) is 0 Å². The van der Waals surface area contributed by atoms with E-state index in [4.69, 9.17) is 0 Å². The Hall–Kier alpha value is -1.95. The second-order valence-electron chi connectivity index (χ2n) is 5.10. The van der Waals surface area contributed by atoms with Crippen LogP contribution in [-0.4, -0.2) is 41.9 Å². The largest absolute Gasteiger partial charge is 0.344 e. The van der Waals surface area contributed by atoms with Gasteiger partial charge in [-0.15, -0.1) is 0 Å². The van der Waals surface area contributed by atoms with Gasteiger partial charge in [-0.1, -0.05) is 18.2 Å². The normalized spacial score (nSPS) is 19.1. The maximum absolute atomic E-state index is 11.4. The molecule has 1 atom stereocenters. The Bertz CT molecular complexity index is 504. The highest BCUT2D eigenvalue weighted by Crippen LogP contribution is 2.18. The summed E-state index contributed by atoms with van der Waals surface area (Å²) in [6, 6.07) is 7.09. The van der Waals surface area contributed by atoms with Crippen LogP contribution in [0, 0.1) is 10.1 Å². The van der Waals surface area contributed by atoms with Crippen molar-refractivity contribution < 1.29 is 9.72 Å². The molecule has 6 nitrogen and oxygen atoms in total. The van der Waals surface area contributed by atoms with Gasteiger partial charge in [-0.3, -0.25) is 14.9 Å². The summed E-state index contributed by atoms with van der Waals surface area (Å²) in [5.41, 5.74) is 0.912. The van der Waals surface area contributed by atoms with Crippen molar-refractivity contribution in [3.05, 3.63) is 39.9 Å². The molecule has 1 aromatic rings. The number of hydrogen-bond donors (Lipinski definition) is 1. The summed E-state index contributed by atoms with van der Waals surface area (Å²) in [6.07, 6.45) is 2.02. The minimum Gasteiger partial charge on any atom is -0.344 e. The molecule has 1 aliphatic rings. The highest BCUT2D eigenvalue weighted by molar-refractivity contribution is 5.76. The number of piperidine rings is 1. The smallest absolute Gasteiger partial charge is 0.272 e. The van der Waals surface area contributed by atoms with E-state index in [1.165, 1.54) is 6.07 Å². The van der Waals surface area contributed by atoms with Gasteiger partial charge in [0.2, 0.25) is 5.91 Å². The Balaban J connectivity index is 1.84. The van der Waals surface area contributed by atoms with Gasteiger partial charge in [-0.2, -0.15) is 0 Å². The summed E-state index contributed by atoms with van der Waals surface area (Å²) >= 11 is 0. The first-order chi connectivity index (χ1) is 9.58. The number of likely N-dealkylation sites (tertiary alicyclic amines) is 1.